The van der Waals surface area contributed by atoms with Gasteiger partial charge in [0.25, 0.3) is 0 Å². The Morgan fingerprint density at radius 3 is 2.85 bits per heavy atom. The molecule has 106 valence electrons. The molecule has 4 rings (SSSR count). The normalized spacial score (nSPS) is 32.8. The summed E-state index contributed by atoms with van der Waals surface area (Å²) in [6.45, 7) is 0. The van der Waals surface area contributed by atoms with Crippen LogP contribution >= 0.6 is 15.9 Å². The Kier molecular flexibility index (Phi) is 2.95. The number of fused-ring (bicyclic) bond motifs is 3. The van der Waals surface area contributed by atoms with E-state index < -0.39 is 0 Å². The molecule has 1 aromatic carbocycles. The van der Waals surface area contributed by atoms with Crippen molar-refractivity contribution in [2.75, 3.05) is 11.9 Å². The van der Waals surface area contributed by atoms with Crippen molar-refractivity contribution in [3.05, 3.63) is 29.3 Å². The van der Waals surface area contributed by atoms with Crippen LogP contribution in [0.15, 0.2) is 18.2 Å². The first-order valence-corrected chi connectivity index (χ1v) is 8.58. The van der Waals surface area contributed by atoms with Gasteiger partial charge in [0.2, 0.25) is 5.91 Å². The summed E-state index contributed by atoms with van der Waals surface area (Å²) >= 11 is 3.95. The number of halogens is 1. The summed E-state index contributed by atoms with van der Waals surface area (Å²) in [6.07, 6.45) is 6.26. The van der Waals surface area contributed by atoms with E-state index in [4.69, 9.17) is 0 Å². The van der Waals surface area contributed by atoms with Crippen LogP contribution in [0.4, 0.5) is 5.69 Å². The maximum absolute atomic E-state index is 11.8. The van der Waals surface area contributed by atoms with Gasteiger partial charge < -0.3 is 4.90 Å². The third-order valence-corrected chi connectivity index (χ3v) is 6.88. The molecule has 3 heteroatoms. The Balaban J connectivity index is 1.60. The van der Waals surface area contributed by atoms with E-state index in [1.807, 2.05) is 7.05 Å². The van der Waals surface area contributed by atoms with Gasteiger partial charge in [0.15, 0.2) is 0 Å². The van der Waals surface area contributed by atoms with Crippen molar-refractivity contribution >= 4 is 27.5 Å². The highest BCUT2D eigenvalue weighted by molar-refractivity contribution is 9.09. The minimum atomic E-state index is 0.211. The molecule has 0 spiro atoms. The maximum atomic E-state index is 11.8. The zero-order valence-corrected chi connectivity index (χ0v) is 13.4. The highest BCUT2D eigenvalue weighted by Gasteiger charge is 2.42. The summed E-state index contributed by atoms with van der Waals surface area (Å²) in [7, 11) is 1.87. The SMILES string of the molecule is CN1C(=O)Cc2cc(C(Br)C3CC4CCC3C4)ccc21. The van der Waals surface area contributed by atoms with E-state index in [0.717, 1.165) is 23.4 Å². The van der Waals surface area contributed by atoms with Crippen molar-refractivity contribution in [2.45, 2.75) is 36.9 Å². The fourth-order valence-electron chi connectivity index (χ4n) is 4.56. The van der Waals surface area contributed by atoms with Crippen molar-refractivity contribution in [1.29, 1.82) is 0 Å². The Bertz CT molecular complexity index is 570. The lowest BCUT2D eigenvalue weighted by molar-refractivity contribution is -0.117. The molecule has 0 aromatic heterocycles. The third kappa shape index (κ3) is 1.86. The molecule has 0 N–H and O–H groups in total. The van der Waals surface area contributed by atoms with E-state index in [1.165, 1.54) is 36.8 Å². The Hall–Kier alpha value is -0.830. The molecule has 3 aliphatic rings. The van der Waals surface area contributed by atoms with E-state index in [9.17, 15) is 4.79 Å². The molecule has 2 aliphatic carbocycles. The average Bonchev–Trinajstić information content (AvgIpc) is 3.14. The molecule has 0 saturated heterocycles. The molecule has 20 heavy (non-hydrogen) atoms. The van der Waals surface area contributed by atoms with Gasteiger partial charge in [-0.2, -0.15) is 0 Å². The maximum Gasteiger partial charge on any atom is 0.231 e. The lowest BCUT2D eigenvalue weighted by atomic mass is 9.84. The number of benzene rings is 1. The van der Waals surface area contributed by atoms with Crippen LogP contribution in [0.3, 0.4) is 0 Å². The van der Waals surface area contributed by atoms with Crippen LogP contribution in [0.1, 0.15) is 41.6 Å². The van der Waals surface area contributed by atoms with E-state index >= 15 is 0 Å². The fraction of sp³-hybridized carbons (Fsp3) is 0.588. The first kappa shape index (κ1) is 12.9. The van der Waals surface area contributed by atoms with Gasteiger partial charge in [-0.15, -0.1) is 0 Å². The van der Waals surface area contributed by atoms with Crippen molar-refractivity contribution in [3.8, 4) is 0 Å². The minimum Gasteiger partial charge on any atom is -0.315 e. The lowest BCUT2D eigenvalue weighted by Gasteiger charge is -2.27. The number of likely N-dealkylation sites (N-methyl/N-ethyl adjacent to an activating group) is 1. The largest absolute Gasteiger partial charge is 0.315 e. The predicted molar refractivity (Wildman–Crippen MR) is 84.2 cm³/mol. The summed E-state index contributed by atoms with van der Waals surface area (Å²) in [4.78, 5) is 14.0. The Morgan fingerprint density at radius 1 is 1.30 bits per heavy atom. The van der Waals surface area contributed by atoms with Crippen LogP contribution in [0, 0.1) is 17.8 Å². The Morgan fingerprint density at radius 2 is 2.15 bits per heavy atom. The van der Waals surface area contributed by atoms with Gasteiger partial charge >= 0.3 is 0 Å². The second-order valence-corrected chi connectivity index (χ2v) is 7.74. The van der Waals surface area contributed by atoms with E-state index in [0.29, 0.717) is 11.2 Å². The third-order valence-electron chi connectivity index (χ3n) is 5.67. The molecule has 2 bridgehead atoms. The monoisotopic (exact) mass is 333 g/mol. The second kappa shape index (κ2) is 4.59. The Labute approximate surface area is 128 Å². The standard InChI is InChI=1S/C17H20BrNO/c1-19-15-5-4-12(8-13(15)9-16(19)20)17(18)14-7-10-2-3-11(14)6-10/h4-5,8,10-11,14,17H,2-3,6-7,9H2,1H3. The molecule has 1 aromatic rings. The predicted octanol–water partition coefficient (Wildman–Crippen LogP) is 4.08. The molecular weight excluding hydrogens is 314 g/mol. The molecule has 1 heterocycles. The lowest BCUT2D eigenvalue weighted by Crippen LogP contribution is -2.20. The van der Waals surface area contributed by atoms with Crippen molar-refractivity contribution < 1.29 is 4.79 Å². The van der Waals surface area contributed by atoms with Crippen molar-refractivity contribution in [1.82, 2.24) is 0 Å². The molecule has 2 saturated carbocycles. The summed E-state index contributed by atoms with van der Waals surface area (Å²) in [6, 6.07) is 6.58. The highest BCUT2D eigenvalue weighted by Crippen LogP contribution is 2.55. The number of hydrogen-bond acceptors (Lipinski definition) is 1. The molecule has 2 fully saturated rings. The second-order valence-electron chi connectivity index (χ2n) is 6.76. The number of hydrogen-bond donors (Lipinski definition) is 0. The summed E-state index contributed by atoms with van der Waals surface area (Å²) < 4.78 is 0. The molecular formula is C17H20BrNO. The van der Waals surface area contributed by atoms with Gasteiger partial charge in [-0.3, -0.25) is 4.79 Å². The quantitative estimate of drug-likeness (QED) is 0.747. The van der Waals surface area contributed by atoms with Crippen LogP contribution in [0.25, 0.3) is 0 Å². The van der Waals surface area contributed by atoms with E-state index in [2.05, 4.69) is 34.1 Å². The van der Waals surface area contributed by atoms with Gasteiger partial charge in [-0.1, -0.05) is 34.5 Å². The van der Waals surface area contributed by atoms with Gasteiger partial charge in [-0.25, -0.2) is 0 Å². The molecule has 4 unspecified atom stereocenters. The fourth-order valence-corrected chi connectivity index (χ4v) is 5.49. The first-order chi connectivity index (χ1) is 9.63. The topological polar surface area (TPSA) is 20.3 Å². The van der Waals surface area contributed by atoms with Crippen LogP contribution in [-0.2, 0) is 11.2 Å². The number of carbonyl (C=O) groups excluding carboxylic acids is 1. The molecule has 4 atom stereocenters. The number of rotatable bonds is 2. The van der Waals surface area contributed by atoms with Crippen molar-refractivity contribution in [3.63, 3.8) is 0 Å². The zero-order chi connectivity index (χ0) is 13.9. The summed E-state index contributed by atoms with van der Waals surface area (Å²) in [5.41, 5.74) is 3.65. The van der Waals surface area contributed by atoms with E-state index in [1.54, 1.807) is 4.90 Å². The summed E-state index contributed by atoms with van der Waals surface area (Å²) in [5.74, 6) is 2.90. The van der Waals surface area contributed by atoms with Gasteiger partial charge in [0.1, 0.15) is 0 Å². The van der Waals surface area contributed by atoms with Gasteiger partial charge in [0, 0.05) is 17.6 Å². The van der Waals surface area contributed by atoms with Crippen molar-refractivity contribution in [2.24, 2.45) is 17.8 Å². The minimum absolute atomic E-state index is 0.211. The smallest absolute Gasteiger partial charge is 0.231 e. The van der Waals surface area contributed by atoms with Crippen LogP contribution in [-0.4, -0.2) is 13.0 Å². The van der Waals surface area contributed by atoms with Crippen LogP contribution in [0.5, 0.6) is 0 Å². The number of amides is 1. The average molecular weight is 334 g/mol. The number of alkyl halides is 1. The molecule has 1 amide bonds. The molecule has 0 radical (unpaired) electrons. The number of carbonyl (C=O) groups is 1. The van der Waals surface area contributed by atoms with Gasteiger partial charge in [-0.05, 0) is 54.2 Å². The van der Waals surface area contributed by atoms with Gasteiger partial charge in [0.05, 0.1) is 6.42 Å². The van der Waals surface area contributed by atoms with Crippen LogP contribution in [0.2, 0.25) is 0 Å². The first-order valence-electron chi connectivity index (χ1n) is 7.67. The highest BCUT2D eigenvalue weighted by atomic mass is 79.9. The van der Waals surface area contributed by atoms with E-state index in [-0.39, 0.29) is 5.91 Å². The zero-order valence-electron chi connectivity index (χ0n) is 11.8. The number of nitrogens with zero attached hydrogens (tertiary/aromatic N) is 1. The van der Waals surface area contributed by atoms with Crippen LogP contribution < -0.4 is 4.90 Å². The number of anilines is 1. The molecule has 2 nitrogen and oxygen atoms in total. The summed E-state index contributed by atoms with van der Waals surface area (Å²) in [5, 5.41) is 0. The molecule has 1 aliphatic heterocycles.